The first kappa shape index (κ1) is 9.71. The number of nitrogens with zero attached hydrogens (tertiary/aromatic N) is 1. The number of aryl methyl sites for hydroxylation is 1. The van der Waals surface area contributed by atoms with Gasteiger partial charge in [0.05, 0.1) is 11.6 Å². The number of pyridine rings is 1. The van der Waals surface area contributed by atoms with E-state index in [1.54, 1.807) is 12.3 Å². The van der Waals surface area contributed by atoms with E-state index in [1.807, 2.05) is 19.9 Å². The van der Waals surface area contributed by atoms with Gasteiger partial charge in [0.15, 0.2) is 0 Å². The lowest BCUT2D eigenvalue weighted by molar-refractivity contribution is -0.138. The van der Waals surface area contributed by atoms with Gasteiger partial charge < -0.3 is 5.11 Å². The van der Waals surface area contributed by atoms with Gasteiger partial charge in [-0.3, -0.25) is 9.78 Å². The number of hydrogen-bond donors (Lipinski definition) is 1. The predicted octanol–water partition coefficient (Wildman–Crippen LogP) is 1.97. The minimum atomic E-state index is -0.807. The molecule has 0 amide bonds. The highest BCUT2D eigenvalue weighted by Gasteiger charge is 2.18. The normalized spacial score (nSPS) is 12.5. The number of carboxylic acid groups (broad SMARTS) is 1. The van der Waals surface area contributed by atoms with E-state index in [1.165, 1.54) is 0 Å². The highest BCUT2D eigenvalue weighted by Crippen LogP contribution is 2.17. The molecule has 0 fully saturated rings. The third-order valence-corrected chi connectivity index (χ3v) is 2.00. The Morgan fingerprint density at radius 1 is 1.62 bits per heavy atom. The molecule has 1 unspecified atom stereocenters. The number of aliphatic carboxylic acids is 1. The van der Waals surface area contributed by atoms with E-state index in [2.05, 4.69) is 4.98 Å². The molecule has 3 nitrogen and oxygen atoms in total. The standard InChI is InChI=1S/C10H13NO2/c1-3-8(10(12)13)9-5-4-7(2)6-11-9/h4-6,8H,3H2,1-2H3,(H,12,13). The SMILES string of the molecule is CCC(C(=O)O)c1ccc(C)cn1. The van der Waals surface area contributed by atoms with Gasteiger partial charge >= 0.3 is 5.97 Å². The molecule has 0 aliphatic carbocycles. The molecule has 0 aliphatic rings. The van der Waals surface area contributed by atoms with Crippen LogP contribution in [0, 0.1) is 6.92 Å². The number of aromatic nitrogens is 1. The molecule has 0 aliphatic heterocycles. The highest BCUT2D eigenvalue weighted by molar-refractivity contribution is 5.75. The number of carboxylic acids is 1. The van der Waals surface area contributed by atoms with Crippen molar-refractivity contribution in [1.29, 1.82) is 0 Å². The van der Waals surface area contributed by atoms with Gasteiger partial charge in [-0.25, -0.2) is 0 Å². The van der Waals surface area contributed by atoms with Crippen molar-refractivity contribution < 1.29 is 9.90 Å². The van der Waals surface area contributed by atoms with Crippen LogP contribution in [0.5, 0.6) is 0 Å². The Kier molecular flexibility index (Phi) is 3.01. The lowest BCUT2D eigenvalue weighted by Gasteiger charge is -2.08. The molecule has 1 N–H and O–H groups in total. The maximum absolute atomic E-state index is 10.8. The van der Waals surface area contributed by atoms with Crippen molar-refractivity contribution in [3.8, 4) is 0 Å². The summed E-state index contributed by atoms with van der Waals surface area (Å²) in [4.78, 5) is 14.9. The van der Waals surface area contributed by atoms with E-state index < -0.39 is 11.9 Å². The molecular formula is C10H13NO2. The van der Waals surface area contributed by atoms with Crippen molar-refractivity contribution in [2.75, 3.05) is 0 Å². The topological polar surface area (TPSA) is 50.2 Å². The first-order valence-electron chi connectivity index (χ1n) is 4.30. The maximum Gasteiger partial charge on any atom is 0.312 e. The second-order valence-electron chi connectivity index (χ2n) is 3.06. The van der Waals surface area contributed by atoms with Crippen LogP contribution < -0.4 is 0 Å². The largest absolute Gasteiger partial charge is 0.481 e. The van der Waals surface area contributed by atoms with Gasteiger partial charge in [-0.2, -0.15) is 0 Å². The Hall–Kier alpha value is -1.38. The Labute approximate surface area is 77.4 Å². The van der Waals surface area contributed by atoms with Gasteiger partial charge in [-0.05, 0) is 25.0 Å². The zero-order chi connectivity index (χ0) is 9.84. The average Bonchev–Trinajstić information content (AvgIpc) is 2.09. The quantitative estimate of drug-likeness (QED) is 0.771. The van der Waals surface area contributed by atoms with Gasteiger partial charge in [0, 0.05) is 6.20 Å². The van der Waals surface area contributed by atoms with Crippen LogP contribution in [0.2, 0.25) is 0 Å². The van der Waals surface area contributed by atoms with Crippen LogP contribution in [-0.4, -0.2) is 16.1 Å². The van der Waals surface area contributed by atoms with E-state index in [0.29, 0.717) is 12.1 Å². The number of rotatable bonds is 3. The fourth-order valence-electron chi connectivity index (χ4n) is 1.20. The van der Waals surface area contributed by atoms with E-state index >= 15 is 0 Å². The Balaban J connectivity index is 2.92. The highest BCUT2D eigenvalue weighted by atomic mass is 16.4. The second-order valence-corrected chi connectivity index (χ2v) is 3.06. The van der Waals surface area contributed by atoms with E-state index in [4.69, 9.17) is 5.11 Å². The minimum Gasteiger partial charge on any atom is -0.481 e. The summed E-state index contributed by atoms with van der Waals surface area (Å²) in [6.07, 6.45) is 2.27. The molecule has 1 atom stereocenters. The van der Waals surface area contributed by atoms with Crippen molar-refractivity contribution >= 4 is 5.97 Å². The Bertz CT molecular complexity index is 292. The summed E-state index contributed by atoms with van der Waals surface area (Å²) >= 11 is 0. The summed E-state index contributed by atoms with van der Waals surface area (Å²) in [7, 11) is 0. The molecule has 3 heteroatoms. The minimum absolute atomic E-state index is 0.472. The molecule has 1 heterocycles. The number of carbonyl (C=O) groups is 1. The Morgan fingerprint density at radius 3 is 2.69 bits per heavy atom. The average molecular weight is 179 g/mol. The first-order valence-corrected chi connectivity index (χ1v) is 4.30. The molecule has 13 heavy (non-hydrogen) atoms. The van der Waals surface area contributed by atoms with Gasteiger partial charge in [0.1, 0.15) is 0 Å². The lowest BCUT2D eigenvalue weighted by atomic mass is 10.0. The van der Waals surface area contributed by atoms with Gasteiger partial charge in [0.25, 0.3) is 0 Å². The van der Waals surface area contributed by atoms with Crippen LogP contribution in [0.1, 0.15) is 30.5 Å². The zero-order valence-electron chi connectivity index (χ0n) is 7.82. The summed E-state index contributed by atoms with van der Waals surface area (Å²) in [5, 5.41) is 8.86. The molecule has 0 bridgehead atoms. The molecule has 0 spiro atoms. The molecule has 0 aromatic carbocycles. The molecule has 1 aromatic rings. The fraction of sp³-hybridized carbons (Fsp3) is 0.400. The molecule has 0 radical (unpaired) electrons. The van der Waals surface area contributed by atoms with Gasteiger partial charge in [-0.1, -0.05) is 13.0 Å². The molecule has 1 rings (SSSR count). The summed E-state index contributed by atoms with van der Waals surface area (Å²) in [6.45, 7) is 3.78. The van der Waals surface area contributed by atoms with E-state index in [9.17, 15) is 4.79 Å². The smallest absolute Gasteiger partial charge is 0.312 e. The summed E-state index contributed by atoms with van der Waals surface area (Å²) < 4.78 is 0. The summed E-state index contributed by atoms with van der Waals surface area (Å²) in [5.41, 5.74) is 1.68. The molecular weight excluding hydrogens is 166 g/mol. The third kappa shape index (κ3) is 2.28. The lowest BCUT2D eigenvalue weighted by Crippen LogP contribution is -2.11. The van der Waals surface area contributed by atoms with Crippen molar-refractivity contribution in [2.24, 2.45) is 0 Å². The monoisotopic (exact) mass is 179 g/mol. The van der Waals surface area contributed by atoms with E-state index in [0.717, 1.165) is 5.56 Å². The molecule has 70 valence electrons. The maximum atomic E-state index is 10.8. The van der Waals surface area contributed by atoms with Crippen LogP contribution in [0.15, 0.2) is 18.3 Å². The van der Waals surface area contributed by atoms with Crippen LogP contribution in [0.3, 0.4) is 0 Å². The summed E-state index contributed by atoms with van der Waals surface area (Å²) in [5.74, 6) is -1.28. The molecule has 0 saturated carbocycles. The van der Waals surface area contributed by atoms with Crippen LogP contribution in [0.4, 0.5) is 0 Å². The van der Waals surface area contributed by atoms with Crippen molar-refractivity contribution in [2.45, 2.75) is 26.2 Å². The van der Waals surface area contributed by atoms with Crippen molar-refractivity contribution in [3.63, 3.8) is 0 Å². The zero-order valence-corrected chi connectivity index (χ0v) is 7.82. The van der Waals surface area contributed by atoms with Crippen LogP contribution in [-0.2, 0) is 4.79 Å². The fourth-order valence-corrected chi connectivity index (χ4v) is 1.20. The van der Waals surface area contributed by atoms with Crippen molar-refractivity contribution in [3.05, 3.63) is 29.6 Å². The second kappa shape index (κ2) is 4.03. The van der Waals surface area contributed by atoms with Gasteiger partial charge in [-0.15, -0.1) is 0 Å². The van der Waals surface area contributed by atoms with E-state index in [-0.39, 0.29) is 0 Å². The predicted molar refractivity (Wildman–Crippen MR) is 49.6 cm³/mol. The molecule has 1 aromatic heterocycles. The number of hydrogen-bond acceptors (Lipinski definition) is 2. The van der Waals surface area contributed by atoms with Crippen molar-refractivity contribution in [1.82, 2.24) is 4.98 Å². The third-order valence-electron chi connectivity index (χ3n) is 2.00. The first-order chi connectivity index (χ1) is 6.15. The molecule has 0 saturated heterocycles. The Morgan fingerprint density at radius 2 is 2.31 bits per heavy atom. The van der Waals surface area contributed by atoms with Crippen LogP contribution in [0.25, 0.3) is 0 Å². The summed E-state index contributed by atoms with van der Waals surface area (Å²) in [6, 6.07) is 3.66. The van der Waals surface area contributed by atoms with Gasteiger partial charge in [0.2, 0.25) is 0 Å². The van der Waals surface area contributed by atoms with Crippen LogP contribution >= 0.6 is 0 Å².